The quantitative estimate of drug-likeness (QED) is 0.794. The van der Waals surface area contributed by atoms with E-state index in [2.05, 4.69) is 40.2 Å². The molecule has 2 heterocycles. The van der Waals surface area contributed by atoms with Gasteiger partial charge in [0.05, 0.1) is 5.69 Å². The third-order valence-corrected chi connectivity index (χ3v) is 5.16. The number of pyridine rings is 1. The van der Waals surface area contributed by atoms with Crippen molar-refractivity contribution in [3.63, 3.8) is 0 Å². The first-order valence-electron chi connectivity index (χ1n) is 9.54. The number of hydrogen-bond acceptors (Lipinski definition) is 3. The summed E-state index contributed by atoms with van der Waals surface area (Å²) in [4.78, 5) is 20.5. The molecule has 0 aliphatic carbocycles. The molecule has 0 saturated carbocycles. The molecule has 1 atom stereocenters. The number of piperidine rings is 1. The van der Waals surface area contributed by atoms with Crippen molar-refractivity contribution in [3.8, 4) is 11.3 Å². The Morgan fingerprint density at radius 2 is 2.12 bits per heavy atom. The highest BCUT2D eigenvalue weighted by atomic mass is 16.2. The molecule has 0 bridgehead atoms. The van der Waals surface area contributed by atoms with Crippen LogP contribution in [0.4, 0.5) is 0 Å². The van der Waals surface area contributed by atoms with Crippen molar-refractivity contribution in [2.24, 2.45) is 5.92 Å². The number of amides is 1. The van der Waals surface area contributed by atoms with Crippen LogP contribution in [0.5, 0.6) is 0 Å². The van der Waals surface area contributed by atoms with Crippen LogP contribution in [0.2, 0.25) is 0 Å². The second-order valence-corrected chi connectivity index (χ2v) is 7.49. The summed E-state index contributed by atoms with van der Waals surface area (Å²) in [5.41, 5.74) is 3.53. The highest BCUT2D eigenvalue weighted by Gasteiger charge is 2.21. The van der Waals surface area contributed by atoms with E-state index in [9.17, 15) is 4.79 Å². The number of carbonyl (C=O) groups is 1. The monoisotopic (exact) mass is 351 g/mol. The molecule has 2 aromatic rings. The van der Waals surface area contributed by atoms with Crippen molar-refractivity contribution < 1.29 is 4.79 Å². The average molecular weight is 351 g/mol. The molecule has 138 valence electrons. The van der Waals surface area contributed by atoms with Gasteiger partial charge in [0.2, 0.25) is 5.91 Å². The van der Waals surface area contributed by atoms with Crippen LogP contribution >= 0.6 is 0 Å². The molecule has 4 nitrogen and oxygen atoms in total. The SMILES string of the molecule is CN(C)C(=O)CC[C@@H]1CCCN(Cc2cccc(-c3ccccn3)c2)C1. The van der Waals surface area contributed by atoms with E-state index in [1.54, 1.807) is 4.90 Å². The minimum Gasteiger partial charge on any atom is -0.349 e. The zero-order chi connectivity index (χ0) is 18.4. The maximum atomic E-state index is 11.8. The number of aromatic nitrogens is 1. The van der Waals surface area contributed by atoms with Crippen LogP contribution in [-0.2, 0) is 11.3 Å². The van der Waals surface area contributed by atoms with Crippen LogP contribution in [0.3, 0.4) is 0 Å². The van der Waals surface area contributed by atoms with Crippen molar-refractivity contribution in [1.82, 2.24) is 14.8 Å². The maximum absolute atomic E-state index is 11.8. The van der Waals surface area contributed by atoms with Crippen LogP contribution < -0.4 is 0 Å². The topological polar surface area (TPSA) is 36.4 Å². The van der Waals surface area contributed by atoms with Gasteiger partial charge in [-0.2, -0.15) is 0 Å². The number of carbonyl (C=O) groups excluding carboxylic acids is 1. The van der Waals surface area contributed by atoms with E-state index in [0.29, 0.717) is 12.3 Å². The fourth-order valence-electron chi connectivity index (χ4n) is 3.70. The summed E-state index contributed by atoms with van der Waals surface area (Å²) < 4.78 is 0. The Hall–Kier alpha value is -2.20. The summed E-state index contributed by atoms with van der Waals surface area (Å²) in [6, 6.07) is 14.7. The normalized spacial score (nSPS) is 17.8. The Morgan fingerprint density at radius 3 is 2.88 bits per heavy atom. The Balaban J connectivity index is 1.58. The van der Waals surface area contributed by atoms with Gasteiger partial charge in [-0.15, -0.1) is 0 Å². The molecule has 1 aliphatic rings. The molecule has 1 aliphatic heterocycles. The molecule has 3 rings (SSSR count). The van der Waals surface area contributed by atoms with E-state index in [1.165, 1.54) is 24.0 Å². The highest BCUT2D eigenvalue weighted by molar-refractivity contribution is 5.75. The molecule has 1 amide bonds. The molecule has 4 heteroatoms. The smallest absolute Gasteiger partial charge is 0.222 e. The van der Waals surface area contributed by atoms with Gasteiger partial charge in [0.1, 0.15) is 0 Å². The van der Waals surface area contributed by atoms with Gasteiger partial charge >= 0.3 is 0 Å². The number of likely N-dealkylation sites (tertiary alicyclic amines) is 1. The van der Waals surface area contributed by atoms with Gasteiger partial charge < -0.3 is 4.90 Å². The van der Waals surface area contributed by atoms with Gasteiger partial charge in [0.25, 0.3) is 0 Å². The standard InChI is InChI=1S/C22H29N3O/c1-24(2)22(26)12-11-18-8-6-14-25(16-18)17-19-7-5-9-20(15-19)21-10-3-4-13-23-21/h3-5,7,9-10,13,15,18H,6,8,11-12,14,16-17H2,1-2H3/t18-/m0/s1. The van der Waals surface area contributed by atoms with Crippen molar-refractivity contribution in [3.05, 3.63) is 54.2 Å². The summed E-state index contributed by atoms with van der Waals surface area (Å²) in [5, 5.41) is 0. The predicted octanol–water partition coefficient (Wildman–Crippen LogP) is 3.83. The van der Waals surface area contributed by atoms with Gasteiger partial charge in [-0.25, -0.2) is 0 Å². The van der Waals surface area contributed by atoms with Crippen molar-refractivity contribution >= 4 is 5.91 Å². The van der Waals surface area contributed by atoms with Gasteiger partial charge in [-0.05, 0) is 55.5 Å². The van der Waals surface area contributed by atoms with Crippen molar-refractivity contribution in [2.75, 3.05) is 27.2 Å². The Kier molecular flexibility index (Phi) is 6.40. The lowest BCUT2D eigenvalue weighted by Crippen LogP contribution is -2.35. The molecular weight excluding hydrogens is 322 g/mol. The van der Waals surface area contributed by atoms with Gasteiger partial charge in [-0.1, -0.05) is 24.3 Å². The van der Waals surface area contributed by atoms with Crippen molar-refractivity contribution in [2.45, 2.75) is 32.2 Å². The molecule has 1 saturated heterocycles. The lowest BCUT2D eigenvalue weighted by atomic mass is 9.92. The molecular formula is C22H29N3O. The van der Waals surface area contributed by atoms with Crippen LogP contribution in [0.15, 0.2) is 48.7 Å². The zero-order valence-electron chi connectivity index (χ0n) is 15.9. The first-order chi connectivity index (χ1) is 12.6. The highest BCUT2D eigenvalue weighted by Crippen LogP contribution is 2.24. The van der Waals surface area contributed by atoms with Crippen LogP contribution in [0, 0.1) is 5.92 Å². The van der Waals surface area contributed by atoms with Crippen molar-refractivity contribution in [1.29, 1.82) is 0 Å². The summed E-state index contributed by atoms with van der Waals surface area (Å²) in [7, 11) is 3.67. The fourth-order valence-corrected chi connectivity index (χ4v) is 3.70. The summed E-state index contributed by atoms with van der Waals surface area (Å²) >= 11 is 0. The zero-order valence-corrected chi connectivity index (χ0v) is 15.9. The molecule has 0 radical (unpaired) electrons. The second-order valence-electron chi connectivity index (χ2n) is 7.49. The summed E-state index contributed by atoms with van der Waals surface area (Å²) in [5.74, 6) is 0.872. The lowest BCUT2D eigenvalue weighted by molar-refractivity contribution is -0.129. The third kappa shape index (κ3) is 5.15. The molecule has 0 spiro atoms. The largest absolute Gasteiger partial charge is 0.349 e. The predicted molar refractivity (Wildman–Crippen MR) is 106 cm³/mol. The molecule has 26 heavy (non-hydrogen) atoms. The lowest BCUT2D eigenvalue weighted by Gasteiger charge is -2.33. The van der Waals surface area contributed by atoms with Gasteiger partial charge in [-0.3, -0.25) is 14.7 Å². The Morgan fingerprint density at radius 1 is 1.23 bits per heavy atom. The first-order valence-corrected chi connectivity index (χ1v) is 9.54. The molecule has 1 aromatic heterocycles. The summed E-state index contributed by atoms with van der Waals surface area (Å²) in [6.45, 7) is 3.21. The van der Waals surface area contributed by atoms with Crippen LogP contribution in [0.1, 0.15) is 31.2 Å². The fraction of sp³-hybridized carbons (Fsp3) is 0.455. The Labute approximate surface area is 156 Å². The van der Waals surface area contributed by atoms with E-state index in [4.69, 9.17) is 0 Å². The minimum absolute atomic E-state index is 0.241. The Bertz CT molecular complexity index is 714. The number of hydrogen-bond donors (Lipinski definition) is 0. The third-order valence-electron chi connectivity index (χ3n) is 5.16. The van der Waals surface area contributed by atoms with Crippen LogP contribution in [0.25, 0.3) is 11.3 Å². The second kappa shape index (κ2) is 8.95. The van der Waals surface area contributed by atoms with Gasteiger partial charge in [0, 0.05) is 45.4 Å². The number of nitrogens with zero attached hydrogens (tertiary/aromatic N) is 3. The van der Waals surface area contributed by atoms with E-state index in [0.717, 1.165) is 31.7 Å². The molecule has 0 unspecified atom stereocenters. The van der Waals surface area contributed by atoms with Crippen LogP contribution in [-0.4, -0.2) is 47.9 Å². The molecule has 0 N–H and O–H groups in total. The molecule has 1 aromatic carbocycles. The summed E-state index contributed by atoms with van der Waals surface area (Å²) in [6.07, 6.45) is 5.97. The van der Waals surface area contributed by atoms with E-state index in [-0.39, 0.29) is 5.91 Å². The van der Waals surface area contributed by atoms with E-state index < -0.39 is 0 Å². The number of rotatable bonds is 6. The molecule has 1 fully saturated rings. The maximum Gasteiger partial charge on any atom is 0.222 e. The number of benzene rings is 1. The van der Waals surface area contributed by atoms with E-state index >= 15 is 0 Å². The minimum atomic E-state index is 0.241. The first kappa shape index (κ1) is 18.6. The van der Waals surface area contributed by atoms with Gasteiger partial charge in [0.15, 0.2) is 0 Å². The average Bonchev–Trinajstić information content (AvgIpc) is 2.67. The van der Waals surface area contributed by atoms with E-state index in [1.807, 2.05) is 32.4 Å².